The molecule has 0 spiro atoms. The number of rotatable bonds is 8. The van der Waals surface area contributed by atoms with Gasteiger partial charge in [-0.3, -0.25) is 0 Å². The maximum Gasteiger partial charge on any atom is 0.509 e. The number of aliphatic hydroxyl groups excluding tert-OH is 1. The van der Waals surface area contributed by atoms with Gasteiger partial charge in [0.05, 0.1) is 24.6 Å². The lowest BCUT2D eigenvalue weighted by atomic mass is 10.1. The predicted molar refractivity (Wildman–Crippen MR) is 143 cm³/mol. The highest BCUT2D eigenvalue weighted by atomic mass is 32.1. The number of aliphatic hydroxyl groups is 1. The summed E-state index contributed by atoms with van der Waals surface area (Å²) >= 11 is 0.380. The number of nitrogens with one attached hydrogen (secondary N) is 1. The van der Waals surface area contributed by atoms with Gasteiger partial charge in [-0.25, -0.2) is 9.97 Å². The maximum atomic E-state index is 11.7. The molecule has 188 valence electrons. The van der Waals surface area contributed by atoms with Crippen molar-refractivity contribution in [3.8, 4) is 28.3 Å². The Balaban J connectivity index is 1.55. The summed E-state index contributed by atoms with van der Waals surface area (Å²) in [6, 6.07) is 15.4. The molecule has 3 heterocycles. The Morgan fingerprint density at radius 3 is 2.70 bits per heavy atom. The lowest BCUT2D eigenvalue weighted by Gasteiger charge is -2.13. The van der Waals surface area contributed by atoms with Gasteiger partial charge in [-0.05, 0) is 37.1 Å². The molecule has 0 aliphatic heterocycles. The van der Waals surface area contributed by atoms with Gasteiger partial charge in [-0.15, -0.1) is 0 Å². The average molecular weight is 516 g/mol. The van der Waals surface area contributed by atoms with Gasteiger partial charge >= 0.3 is 16.6 Å². The molecule has 9 nitrogen and oxygen atoms in total. The Bertz CT molecular complexity index is 1610. The fourth-order valence-electron chi connectivity index (χ4n) is 4.37. The van der Waals surface area contributed by atoms with Crippen molar-refractivity contribution in [1.29, 1.82) is 0 Å². The summed E-state index contributed by atoms with van der Waals surface area (Å²) in [7, 11) is 3.51. The summed E-state index contributed by atoms with van der Waals surface area (Å²) in [6.45, 7) is 4.12. The zero-order valence-corrected chi connectivity index (χ0v) is 21.8. The number of aromatic nitrogens is 5. The van der Waals surface area contributed by atoms with Crippen LogP contribution in [0.3, 0.4) is 0 Å². The summed E-state index contributed by atoms with van der Waals surface area (Å²) in [5.74, 6) is 2.11. The van der Waals surface area contributed by atoms with E-state index in [9.17, 15) is 9.32 Å². The molecule has 0 saturated heterocycles. The van der Waals surface area contributed by atoms with Crippen LogP contribution in [-0.4, -0.2) is 36.4 Å². The molecule has 10 heteroatoms. The molecular formula is C27H27N6O3S+. The number of ether oxygens (including phenoxy) is 1. The second kappa shape index (κ2) is 10.1. The van der Waals surface area contributed by atoms with Gasteiger partial charge in [-0.2, -0.15) is 9.61 Å². The third kappa shape index (κ3) is 4.68. The van der Waals surface area contributed by atoms with Gasteiger partial charge in [0.2, 0.25) is 0 Å². The van der Waals surface area contributed by atoms with E-state index in [4.69, 9.17) is 14.8 Å². The molecule has 0 amide bonds. The Hall–Kier alpha value is -4.15. The van der Waals surface area contributed by atoms with Crippen LogP contribution in [0, 0.1) is 6.92 Å². The van der Waals surface area contributed by atoms with E-state index in [1.54, 1.807) is 29.8 Å². The number of nitrogens with zero attached hydrogens (tertiary/aromatic N) is 5. The second-order valence-corrected chi connectivity index (χ2v) is 9.41. The Morgan fingerprint density at radius 2 is 2.00 bits per heavy atom. The second-order valence-electron chi connectivity index (χ2n) is 8.80. The summed E-state index contributed by atoms with van der Waals surface area (Å²) in [6.07, 6.45) is 2.93. The highest BCUT2D eigenvalue weighted by Gasteiger charge is 2.22. The summed E-state index contributed by atoms with van der Waals surface area (Å²) in [4.78, 5) is 9.65. The van der Waals surface area contributed by atoms with Gasteiger partial charge < -0.3 is 19.7 Å². The molecular weight excluding hydrogens is 488 g/mol. The maximum absolute atomic E-state index is 11.7. The van der Waals surface area contributed by atoms with Crippen LogP contribution in [0.2, 0.25) is 0 Å². The number of methoxy groups -OCH3 is 1. The summed E-state index contributed by atoms with van der Waals surface area (Å²) < 4.78 is 20.7. The van der Waals surface area contributed by atoms with Crippen molar-refractivity contribution >= 4 is 23.1 Å². The first-order valence-corrected chi connectivity index (χ1v) is 12.5. The Labute approximate surface area is 218 Å². The van der Waals surface area contributed by atoms with Crippen molar-refractivity contribution in [2.24, 2.45) is 7.05 Å². The largest absolute Gasteiger partial charge is 0.509 e. The third-order valence-electron chi connectivity index (χ3n) is 6.23. The van der Waals surface area contributed by atoms with Crippen LogP contribution in [0.25, 0.3) is 28.2 Å². The SMILES string of the molecule is COc1ccc(-c2c(C)nn3c(NCc4cccc(-c5nccn5C)c4)cc(C(C)O)nc23)cc1[S+]=O. The monoisotopic (exact) mass is 515 g/mol. The third-order valence-corrected chi connectivity index (χ3v) is 6.73. The molecule has 1 atom stereocenters. The molecule has 0 fully saturated rings. The van der Waals surface area contributed by atoms with Crippen LogP contribution < -0.4 is 10.1 Å². The lowest BCUT2D eigenvalue weighted by molar-refractivity contribution is 0.194. The van der Waals surface area contributed by atoms with E-state index in [0.717, 1.165) is 33.8 Å². The number of anilines is 1. The van der Waals surface area contributed by atoms with Crippen molar-refractivity contribution in [2.45, 2.75) is 31.4 Å². The number of hydrogen-bond acceptors (Lipinski definition) is 7. The van der Waals surface area contributed by atoms with Gasteiger partial charge in [0.1, 0.15) is 11.6 Å². The van der Waals surface area contributed by atoms with Gasteiger partial charge in [-0.1, -0.05) is 24.3 Å². The molecule has 0 aliphatic carbocycles. The van der Waals surface area contributed by atoms with Crippen molar-refractivity contribution in [3.05, 3.63) is 77.9 Å². The molecule has 2 aromatic carbocycles. The molecule has 0 aliphatic rings. The number of fused-ring (bicyclic) bond motifs is 1. The van der Waals surface area contributed by atoms with Crippen LogP contribution in [0.5, 0.6) is 5.75 Å². The Kier molecular flexibility index (Phi) is 6.68. The van der Waals surface area contributed by atoms with E-state index in [-0.39, 0.29) is 0 Å². The average Bonchev–Trinajstić information content (AvgIpc) is 3.48. The highest BCUT2D eigenvalue weighted by molar-refractivity contribution is 7.65. The van der Waals surface area contributed by atoms with Crippen LogP contribution in [-0.2, 0) is 29.5 Å². The minimum absolute atomic E-state index is 0.380. The molecule has 0 saturated carbocycles. The van der Waals surface area contributed by atoms with Gasteiger partial charge in [0.25, 0.3) is 0 Å². The molecule has 3 aromatic heterocycles. The summed E-state index contributed by atoms with van der Waals surface area (Å²) in [5.41, 5.74) is 5.55. The first kappa shape index (κ1) is 24.5. The topological polar surface area (TPSA) is 107 Å². The molecule has 5 aromatic rings. The van der Waals surface area contributed by atoms with E-state index in [2.05, 4.69) is 16.4 Å². The zero-order valence-electron chi connectivity index (χ0n) is 21.0. The molecule has 5 rings (SSSR count). The summed E-state index contributed by atoms with van der Waals surface area (Å²) in [5, 5.41) is 18.6. The zero-order chi connectivity index (χ0) is 26.1. The van der Waals surface area contributed by atoms with Crippen LogP contribution >= 0.6 is 0 Å². The van der Waals surface area contributed by atoms with Crippen LogP contribution in [0.1, 0.15) is 30.0 Å². The van der Waals surface area contributed by atoms with E-state index in [1.165, 1.54) is 7.11 Å². The van der Waals surface area contributed by atoms with Crippen molar-refractivity contribution < 1.29 is 14.1 Å². The fraction of sp³-hybridized carbons (Fsp3) is 0.222. The smallest absolute Gasteiger partial charge is 0.491 e. The van der Waals surface area contributed by atoms with Crippen molar-refractivity contribution in [1.82, 2.24) is 24.1 Å². The first-order valence-electron chi connectivity index (χ1n) is 11.8. The first-order chi connectivity index (χ1) is 17.9. The van der Waals surface area contributed by atoms with Gasteiger partial charge in [0, 0.05) is 53.5 Å². The minimum atomic E-state index is -0.774. The quantitative estimate of drug-likeness (QED) is 0.292. The fourth-order valence-corrected chi connectivity index (χ4v) is 4.78. The number of benzene rings is 2. The number of imidazole rings is 1. The van der Waals surface area contributed by atoms with Crippen LogP contribution in [0.4, 0.5) is 5.82 Å². The molecule has 37 heavy (non-hydrogen) atoms. The van der Waals surface area contributed by atoms with E-state index in [0.29, 0.717) is 46.0 Å². The van der Waals surface area contributed by atoms with Crippen molar-refractivity contribution in [3.63, 3.8) is 0 Å². The van der Waals surface area contributed by atoms with E-state index in [1.807, 2.05) is 55.1 Å². The molecule has 0 bridgehead atoms. The van der Waals surface area contributed by atoms with Crippen LogP contribution in [0.15, 0.2) is 65.8 Å². The van der Waals surface area contributed by atoms with E-state index < -0.39 is 6.10 Å². The minimum Gasteiger partial charge on any atom is -0.491 e. The Morgan fingerprint density at radius 1 is 1.16 bits per heavy atom. The van der Waals surface area contributed by atoms with Gasteiger partial charge in [0.15, 0.2) is 11.4 Å². The van der Waals surface area contributed by atoms with Crippen molar-refractivity contribution in [2.75, 3.05) is 12.4 Å². The predicted octanol–water partition coefficient (Wildman–Crippen LogP) is 4.57. The van der Waals surface area contributed by atoms with E-state index >= 15 is 0 Å². The normalized spacial score (nSPS) is 12.0. The highest BCUT2D eigenvalue weighted by Crippen LogP contribution is 2.33. The lowest BCUT2D eigenvalue weighted by Crippen LogP contribution is -2.09. The standard InChI is InChI=1S/C27H27N6O3S/c1-16-25(19-8-9-22(36-4)23(13-19)37-35)27-30-21(17(2)34)14-24(33(27)31-16)29-15-18-6-5-7-20(12-18)26-28-10-11-32(26)3/h5-14,17,29,34H,15H2,1-4H3/q+1. The molecule has 1 unspecified atom stereocenters. The number of aryl methyl sites for hydroxylation is 2. The number of hydrogen-bond donors (Lipinski definition) is 2. The molecule has 2 N–H and O–H groups in total. The molecule has 0 radical (unpaired) electrons.